The number of nitrogens with one attached hydrogen (secondary N) is 2. The Morgan fingerprint density at radius 1 is 1.35 bits per heavy atom. The van der Waals surface area contributed by atoms with Crippen LogP contribution in [-0.2, 0) is 11.3 Å². The molecule has 0 radical (unpaired) electrons. The van der Waals surface area contributed by atoms with Crippen LogP contribution in [0.3, 0.4) is 0 Å². The quantitative estimate of drug-likeness (QED) is 0.770. The predicted octanol–water partition coefficient (Wildman–Crippen LogP) is -0.246. The Balaban J connectivity index is 0.00000156. The second-order valence-corrected chi connectivity index (χ2v) is 8.80. The van der Waals surface area contributed by atoms with Crippen molar-refractivity contribution >= 4 is 17.2 Å². The molecular formula is C17H25ClN3OS-. The second-order valence-electron chi connectivity index (χ2n) is 7.91. The molecule has 0 spiro atoms. The van der Waals surface area contributed by atoms with Crippen molar-refractivity contribution in [2.75, 3.05) is 0 Å². The van der Waals surface area contributed by atoms with Crippen molar-refractivity contribution in [2.45, 2.75) is 58.0 Å². The normalized spacial score (nSPS) is 35.6. The minimum Gasteiger partial charge on any atom is -1.00 e. The summed E-state index contributed by atoms with van der Waals surface area (Å²) in [6.07, 6.45) is 10.1. The second kappa shape index (κ2) is 6.25. The molecule has 2 N–H and O–H groups in total. The molecule has 4 saturated carbocycles. The molecule has 4 aliphatic rings. The summed E-state index contributed by atoms with van der Waals surface area (Å²) in [5.41, 5.74) is 0.355. The maximum Gasteiger partial charge on any atom is 0.240 e. The van der Waals surface area contributed by atoms with Crippen LogP contribution in [-0.4, -0.2) is 16.5 Å². The molecule has 0 aromatic carbocycles. The Bertz CT molecular complexity index is 602. The molecule has 1 atom stereocenters. The molecule has 4 aliphatic carbocycles. The predicted molar refractivity (Wildman–Crippen MR) is 86.4 cm³/mol. The number of thiazole rings is 1. The van der Waals surface area contributed by atoms with Gasteiger partial charge in [0.05, 0.1) is 0 Å². The molecule has 128 valence electrons. The maximum absolute atomic E-state index is 12.4. The van der Waals surface area contributed by atoms with Gasteiger partial charge >= 0.3 is 0 Å². The summed E-state index contributed by atoms with van der Waals surface area (Å²) in [6.45, 7) is 2.49. The largest absolute Gasteiger partial charge is 1.00 e. The lowest BCUT2D eigenvalue weighted by Gasteiger charge is -2.59. The van der Waals surface area contributed by atoms with Gasteiger partial charge < -0.3 is 22.3 Å². The van der Waals surface area contributed by atoms with E-state index in [1.807, 2.05) is 11.6 Å². The van der Waals surface area contributed by atoms with Gasteiger partial charge in [-0.3, -0.25) is 10.2 Å². The van der Waals surface area contributed by atoms with E-state index in [1.54, 1.807) is 4.57 Å². The molecule has 23 heavy (non-hydrogen) atoms. The third-order valence-electron chi connectivity index (χ3n) is 6.38. The van der Waals surface area contributed by atoms with Gasteiger partial charge in [-0.2, -0.15) is 0 Å². The number of hydrogen-bond donors (Lipinski definition) is 2. The smallest absolute Gasteiger partial charge is 0.240 e. The number of amides is 1. The zero-order chi connectivity index (χ0) is 15.3. The van der Waals surface area contributed by atoms with Crippen LogP contribution in [0.5, 0.6) is 0 Å². The van der Waals surface area contributed by atoms with E-state index in [0.29, 0.717) is 10.2 Å². The molecular weight excluding hydrogens is 330 g/mol. The Morgan fingerprint density at radius 2 is 1.91 bits per heavy atom. The van der Waals surface area contributed by atoms with Crippen LogP contribution in [0.25, 0.3) is 0 Å². The number of aromatic nitrogens is 1. The van der Waals surface area contributed by atoms with Gasteiger partial charge in [-0.05, 0) is 68.6 Å². The van der Waals surface area contributed by atoms with Crippen molar-refractivity contribution < 1.29 is 17.2 Å². The summed E-state index contributed by atoms with van der Waals surface area (Å²) >= 11 is 1.36. The number of carbonyl (C=O) groups is 1. The highest BCUT2D eigenvalue weighted by molar-refractivity contribution is 7.06. The number of hydrogen-bond acceptors (Lipinski definition) is 3. The van der Waals surface area contributed by atoms with E-state index < -0.39 is 0 Å². The summed E-state index contributed by atoms with van der Waals surface area (Å²) in [4.78, 5) is 12.8. The lowest BCUT2D eigenvalue weighted by molar-refractivity contribution is -0.126. The average Bonchev–Trinajstić information content (AvgIpc) is 2.82. The molecule has 4 bridgehead atoms. The number of nitrogens with zero attached hydrogens (tertiary/aromatic N) is 1. The fourth-order valence-electron chi connectivity index (χ4n) is 5.73. The van der Waals surface area contributed by atoms with Crippen LogP contribution in [0.4, 0.5) is 0 Å². The summed E-state index contributed by atoms with van der Waals surface area (Å²) in [5, 5.41) is 12.9. The van der Waals surface area contributed by atoms with Crippen LogP contribution in [0.15, 0.2) is 11.6 Å². The number of rotatable bonds is 4. The standard InChI is InChI=1S/C17H25N3OS.ClH/c1-11(19-15(21)10-20-2-3-22-16(20)18)17-7-12-4-13(8-17)6-14(5-12)9-17;/h2-3,11-14,18H,4-10H2,1H3,(H,19,21);1H/p-1. The van der Waals surface area contributed by atoms with Crippen LogP contribution in [0.1, 0.15) is 45.4 Å². The summed E-state index contributed by atoms with van der Waals surface area (Å²) in [5.74, 6) is 2.80. The summed E-state index contributed by atoms with van der Waals surface area (Å²) in [7, 11) is 0. The topological polar surface area (TPSA) is 57.9 Å². The molecule has 5 rings (SSSR count). The Morgan fingerprint density at radius 3 is 2.39 bits per heavy atom. The SMILES string of the molecule is CC(NC(=O)Cn1ccsc1=N)C12CC3CC(CC(C3)C1)C2.[Cl-]. The van der Waals surface area contributed by atoms with E-state index in [9.17, 15) is 4.79 Å². The van der Waals surface area contributed by atoms with Crippen molar-refractivity contribution in [3.05, 3.63) is 16.4 Å². The lowest BCUT2D eigenvalue weighted by atomic mass is 9.48. The Labute approximate surface area is 147 Å². The molecule has 4 fully saturated rings. The third-order valence-corrected chi connectivity index (χ3v) is 7.09. The first-order chi connectivity index (χ1) is 10.5. The first-order valence-electron chi connectivity index (χ1n) is 8.52. The minimum atomic E-state index is 0. The summed E-state index contributed by atoms with van der Waals surface area (Å²) in [6, 6.07) is 0.266. The average molecular weight is 355 g/mol. The fraction of sp³-hybridized carbons (Fsp3) is 0.765. The van der Waals surface area contributed by atoms with Gasteiger partial charge in [0.2, 0.25) is 5.91 Å². The zero-order valence-electron chi connectivity index (χ0n) is 13.6. The first kappa shape index (κ1) is 17.0. The van der Waals surface area contributed by atoms with Crippen molar-refractivity contribution in [1.82, 2.24) is 9.88 Å². The van der Waals surface area contributed by atoms with Crippen molar-refractivity contribution in [3.8, 4) is 0 Å². The van der Waals surface area contributed by atoms with Crippen molar-refractivity contribution in [3.63, 3.8) is 0 Å². The van der Waals surface area contributed by atoms with E-state index in [2.05, 4.69) is 12.2 Å². The van der Waals surface area contributed by atoms with E-state index in [4.69, 9.17) is 5.41 Å². The van der Waals surface area contributed by atoms with Crippen LogP contribution in [0, 0.1) is 28.6 Å². The molecule has 0 saturated heterocycles. The van der Waals surface area contributed by atoms with Crippen LogP contribution in [0.2, 0.25) is 0 Å². The van der Waals surface area contributed by atoms with Crippen molar-refractivity contribution in [2.24, 2.45) is 23.2 Å². The highest BCUT2D eigenvalue weighted by Gasteiger charge is 2.53. The van der Waals surface area contributed by atoms with E-state index in [-0.39, 0.29) is 30.9 Å². The molecule has 1 unspecified atom stereocenters. The van der Waals surface area contributed by atoms with Gasteiger partial charge in [-0.25, -0.2) is 0 Å². The highest BCUT2D eigenvalue weighted by Crippen LogP contribution is 2.61. The molecule has 1 amide bonds. The van der Waals surface area contributed by atoms with E-state index in [0.717, 1.165) is 17.8 Å². The zero-order valence-corrected chi connectivity index (χ0v) is 15.1. The number of carbonyl (C=O) groups excluding carboxylic acids is 1. The van der Waals surface area contributed by atoms with Gasteiger partial charge in [0.25, 0.3) is 0 Å². The van der Waals surface area contributed by atoms with Gasteiger partial charge in [0, 0.05) is 17.6 Å². The monoisotopic (exact) mass is 354 g/mol. The molecule has 6 heteroatoms. The van der Waals surface area contributed by atoms with Crippen LogP contribution < -0.4 is 22.5 Å². The summed E-state index contributed by atoms with van der Waals surface area (Å²) < 4.78 is 1.71. The van der Waals surface area contributed by atoms with Gasteiger partial charge in [-0.1, -0.05) is 0 Å². The Hall–Kier alpha value is -0.810. The molecule has 1 aromatic heterocycles. The third kappa shape index (κ3) is 3.10. The van der Waals surface area contributed by atoms with Gasteiger partial charge in [-0.15, -0.1) is 11.3 Å². The van der Waals surface area contributed by atoms with Crippen molar-refractivity contribution in [1.29, 1.82) is 5.41 Å². The molecule has 1 heterocycles. The molecule has 0 aliphatic heterocycles. The van der Waals surface area contributed by atoms with E-state index in [1.165, 1.54) is 49.9 Å². The Kier molecular flexibility index (Phi) is 4.62. The van der Waals surface area contributed by atoms with Gasteiger partial charge in [0.15, 0.2) is 4.80 Å². The van der Waals surface area contributed by atoms with Gasteiger partial charge in [0.1, 0.15) is 6.54 Å². The maximum atomic E-state index is 12.4. The molecule has 4 nitrogen and oxygen atoms in total. The lowest BCUT2D eigenvalue weighted by Crippen LogP contribution is -3.00. The minimum absolute atomic E-state index is 0. The number of halogens is 1. The first-order valence-corrected chi connectivity index (χ1v) is 9.40. The van der Waals surface area contributed by atoms with Crippen LogP contribution >= 0.6 is 11.3 Å². The van der Waals surface area contributed by atoms with E-state index >= 15 is 0 Å². The molecule has 1 aromatic rings. The highest BCUT2D eigenvalue weighted by atomic mass is 35.5. The fourth-order valence-corrected chi connectivity index (χ4v) is 6.33.